The predicted octanol–water partition coefficient (Wildman–Crippen LogP) is 2.13. The van der Waals surface area contributed by atoms with Crippen LogP contribution in [0, 0.1) is 0 Å². The van der Waals surface area contributed by atoms with Crippen molar-refractivity contribution in [3.8, 4) is 17.2 Å². The molecule has 0 radical (unpaired) electrons. The fourth-order valence-electron chi connectivity index (χ4n) is 2.03. The number of hydrogen-bond acceptors (Lipinski definition) is 4. The van der Waals surface area contributed by atoms with Gasteiger partial charge in [0.25, 0.3) is 0 Å². The van der Waals surface area contributed by atoms with Crippen LogP contribution in [0.2, 0.25) is 0 Å². The van der Waals surface area contributed by atoms with Gasteiger partial charge in [0.05, 0.1) is 17.1 Å². The van der Waals surface area contributed by atoms with Gasteiger partial charge in [-0.2, -0.15) is 0 Å². The molecule has 0 bridgehead atoms. The summed E-state index contributed by atoms with van der Waals surface area (Å²) in [4.78, 5) is 0. The Bertz CT molecular complexity index is 453. The average molecular weight is 286 g/mol. The Morgan fingerprint density at radius 3 is 2.81 bits per heavy atom. The standard InChI is InChI=1S/C11H12BrNO3/c1-14-9-6(12)4-7-10(16-5-15-7)8(9)11(13)2-3-11/h4H,2-3,5,13H2,1H3. The van der Waals surface area contributed by atoms with E-state index in [0.29, 0.717) is 0 Å². The predicted molar refractivity (Wildman–Crippen MR) is 61.9 cm³/mol. The van der Waals surface area contributed by atoms with E-state index in [1.807, 2.05) is 6.07 Å². The van der Waals surface area contributed by atoms with Crippen molar-refractivity contribution in [2.75, 3.05) is 13.9 Å². The lowest BCUT2D eigenvalue weighted by atomic mass is 10.0. The monoisotopic (exact) mass is 285 g/mol. The molecule has 1 fully saturated rings. The molecule has 86 valence electrons. The molecule has 1 heterocycles. The van der Waals surface area contributed by atoms with Crippen molar-refractivity contribution < 1.29 is 14.2 Å². The number of methoxy groups -OCH3 is 1. The van der Waals surface area contributed by atoms with E-state index in [1.165, 1.54) is 0 Å². The molecule has 2 aliphatic rings. The fourth-order valence-corrected chi connectivity index (χ4v) is 2.60. The Balaban J connectivity index is 2.26. The molecule has 1 saturated carbocycles. The van der Waals surface area contributed by atoms with Gasteiger partial charge in [-0.15, -0.1) is 0 Å². The van der Waals surface area contributed by atoms with Crippen molar-refractivity contribution in [2.24, 2.45) is 5.73 Å². The number of fused-ring (bicyclic) bond motifs is 1. The van der Waals surface area contributed by atoms with Gasteiger partial charge in [-0.25, -0.2) is 0 Å². The van der Waals surface area contributed by atoms with E-state index in [-0.39, 0.29) is 12.3 Å². The van der Waals surface area contributed by atoms with Gasteiger partial charge in [0.15, 0.2) is 11.5 Å². The maximum Gasteiger partial charge on any atom is 0.231 e. The first-order valence-corrected chi connectivity index (χ1v) is 5.90. The third kappa shape index (κ3) is 1.31. The van der Waals surface area contributed by atoms with Crippen LogP contribution in [0.4, 0.5) is 0 Å². The van der Waals surface area contributed by atoms with E-state index in [1.54, 1.807) is 7.11 Å². The molecule has 0 amide bonds. The minimum atomic E-state index is -0.313. The molecular weight excluding hydrogens is 274 g/mol. The van der Waals surface area contributed by atoms with Crippen molar-refractivity contribution in [3.63, 3.8) is 0 Å². The highest BCUT2D eigenvalue weighted by molar-refractivity contribution is 9.10. The second kappa shape index (κ2) is 3.28. The van der Waals surface area contributed by atoms with Crippen molar-refractivity contribution in [3.05, 3.63) is 16.1 Å². The zero-order chi connectivity index (χ0) is 11.3. The van der Waals surface area contributed by atoms with Gasteiger partial charge in [0, 0.05) is 11.6 Å². The first kappa shape index (κ1) is 10.2. The highest BCUT2D eigenvalue weighted by Crippen LogP contribution is 2.56. The molecule has 3 rings (SSSR count). The number of rotatable bonds is 2. The SMILES string of the molecule is COc1c(Br)cc2c(c1C1(N)CC1)OCO2. The molecule has 0 aromatic heterocycles. The summed E-state index contributed by atoms with van der Waals surface area (Å²) in [5.41, 5.74) is 6.86. The normalized spacial score (nSPS) is 19.7. The molecule has 1 aliphatic carbocycles. The summed E-state index contributed by atoms with van der Waals surface area (Å²) in [5.74, 6) is 2.23. The first-order chi connectivity index (χ1) is 7.65. The Morgan fingerprint density at radius 1 is 1.44 bits per heavy atom. The molecule has 1 aromatic carbocycles. The third-order valence-corrected chi connectivity index (χ3v) is 3.65. The number of halogens is 1. The Hall–Kier alpha value is -0.940. The molecule has 5 heteroatoms. The lowest BCUT2D eigenvalue weighted by Crippen LogP contribution is -2.20. The number of hydrogen-bond donors (Lipinski definition) is 1. The van der Waals surface area contributed by atoms with Gasteiger partial charge in [-0.05, 0) is 28.8 Å². The van der Waals surface area contributed by atoms with E-state index in [4.69, 9.17) is 19.9 Å². The minimum Gasteiger partial charge on any atom is -0.495 e. The third-order valence-electron chi connectivity index (χ3n) is 3.06. The molecular formula is C11H12BrNO3. The summed E-state index contributed by atoms with van der Waals surface area (Å²) < 4.78 is 17.1. The summed E-state index contributed by atoms with van der Waals surface area (Å²) in [6, 6.07) is 1.86. The Morgan fingerprint density at radius 2 is 2.19 bits per heavy atom. The smallest absolute Gasteiger partial charge is 0.231 e. The van der Waals surface area contributed by atoms with Crippen LogP contribution in [0.25, 0.3) is 0 Å². The number of nitrogens with two attached hydrogens (primary N) is 1. The van der Waals surface area contributed by atoms with E-state index in [0.717, 1.165) is 40.1 Å². The summed E-state index contributed by atoms with van der Waals surface area (Å²) >= 11 is 3.47. The molecule has 2 N–H and O–H groups in total. The maximum atomic E-state index is 6.25. The number of ether oxygens (including phenoxy) is 3. The quantitative estimate of drug-likeness (QED) is 0.905. The maximum absolute atomic E-state index is 6.25. The van der Waals surface area contributed by atoms with Crippen LogP contribution in [-0.2, 0) is 5.54 Å². The molecule has 16 heavy (non-hydrogen) atoms. The Labute approximate surface area is 102 Å². The topological polar surface area (TPSA) is 53.7 Å². The summed E-state index contributed by atoms with van der Waals surface area (Å²) in [7, 11) is 1.64. The van der Waals surface area contributed by atoms with Crippen molar-refractivity contribution >= 4 is 15.9 Å². The van der Waals surface area contributed by atoms with Crippen LogP contribution in [0.5, 0.6) is 17.2 Å². The number of benzene rings is 1. The summed E-state index contributed by atoms with van der Waals surface area (Å²) in [6.45, 7) is 0.248. The summed E-state index contributed by atoms with van der Waals surface area (Å²) in [6.07, 6.45) is 1.91. The van der Waals surface area contributed by atoms with Crippen molar-refractivity contribution in [1.29, 1.82) is 0 Å². The lowest BCUT2D eigenvalue weighted by Gasteiger charge is -2.17. The second-order valence-electron chi connectivity index (χ2n) is 4.16. The van der Waals surface area contributed by atoms with Crippen LogP contribution in [-0.4, -0.2) is 13.9 Å². The van der Waals surface area contributed by atoms with Crippen LogP contribution in [0.1, 0.15) is 18.4 Å². The molecule has 1 aliphatic heterocycles. The summed E-state index contributed by atoms with van der Waals surface area (Å²) in [5, 5.41) is 0. The van der Waals surface area contributed by atoms with Gasteiger partial charge in [0.2, 0.25) is 6.79 Å². The van der Waals surface area contributed by atoms with E-state index in [9.17, 15) is 0 Å². The molecule has 1 aromatic rings. The van der Waals surface area contributed by atoms with Gasteiger partial charge >= 0.3 is 0 Å². The van der Waals surface area contributed by atoms with Crippen LogP contribution in [0.15, 0.2) is 10.5 Å². The second-order valence-corrected chi connectivity index (χ2v) is 5.01. The first-order valence-electron chi connectivity index (χ1n) is 5.11. The lowest BCUT2D eigenvalue weighted by molar-refractivity contribution is 0.172. The van der Waals surface area contributed by atoms with Crippen molar-refractivity contribution in [1.82, 2.24) is 0 Å². The van der Waals surface area contributed by atoms with Crippen LogP contribution >= 0.6 is 15.9 Å². The van der Waals surface area contributed by atoms with Crippen molar-refractivity contribution in [2.45, 2.75) is 18.4 Å². The molecule has 0 atom stereocenters. The van der Waals surface area contributed by atoms with Crippen LogP contribution in [0.3, 0.4) is 0 Å². The molecule has 4 nitrogen and oxygen atoms in total. The van der Waals surface area contributed by atoms with E-state index < -0.39 is 0 Å². The zero-order valence-electron chi connectivity index (χ0n) is 8.88. The highest BCUT2D eigenvalue weighted by atomic mass is 79.9. The largest absolute Gasteiger partial charge is 0.495 e. The highest BCUT2D eigenvalue weighted by Gasteiger charge is 2.47. The molecule has 0 unspecified atom stereocenters. The van der Waals surface area contributed by atoms with E-state index >= 15 is 0 Å². The van der Waals surface area contributed by atoms with Crippen LogP contribution < -0.4 is 19.9 Å². The zero-order valence-corrected chi connectivity index (χ0v) is 10.5. The molecule has 0 saturated heterocycles. The van der Waals surface area contributed by atoms with Gasteiger partial charge in [-0.3, -0.25) is 0 Å². The van der Waals surface area contributed by atoms with Gasteiger partial charge < -0.3 is 19.9 Å². The minimum absolute atomic E-state index is 0.248. The van der Waals surface area contributed by atoms with E-state index in [2.05, 4.69) is 15.9 Å². The Kier molecular flexibility index (Phi) is 2.09. The fraction of sp³-hybridized carbons (Fsp3) is 0.455. The van der Waals surface area contributed by atoms with Gasteiger partial charge in [-0.1, -0.05) is 0 Å². The average Bonchev–Trinajstić information content (AvgIpc) is 2.83. The van der Waals surface area contributed by atoms with Gasteiger partial charge in [0.1, 0.15) is 5.75 Å². The molecule has 0 spiro atoms.